The van der Waals surface area contributed by atoms with Crippen molar-refractivity contribution in [2.24, 2.45) is 5.92 Å². The average molecular weight is 525 g/mol. The number of halogens is 3. The first kappa shape index (κ1) is 26.7. The van der Waals surface area contributed by atoms with Crippen molar-refractivity contribution >= 4 is 29.3 Å². The first-order valence-corrected chi connectivity index (χ1v) is 12.4. The van der Waals surface area contributed by atoms with Crippen LogP contribution < -0.4 is 20.4 Å². The highest BCUT2D eigenvalue weighted by Gasteiger charge is 2.42. The van der Waals surface area contributed by atoms with E-state index in [4.69, 9.17) is 9.15 Å². The number of rotatable bonds is 8. The molecule has 4 rings (SSSR count). The summed E-state index contributed by atoms with van der Waals surface area (Å²) in [6.07, 6.45) is 0.520. The predicted octanol–water partition coefficient (Wildman–Crippen LogP) is 3.31. The fraction of sp³-hybridized carbons (Fsp3) is 0.583. The predicted molar refractivity (Wildman–Crippen MR) is 130 cm³/mol. The fourth-order valence-corrected chi connectivity index (χ4v) is 4.50. The van der Waals surface area contributed by atoms with Crippen LogP contribution >= 0.6 is 0 Å². The Morgan fingerprint density at radius 1 is 1.11 bits per heavy atom. The third kappa shape index (κ3) is 6.70. The minimum absolute atomic E-state index is 0.0109. The highest BCUT2D eigenvalue weighted by atomic mass is 19.4. The number of oxazole rings is 1. The fourth-order valence-electron chi connectivity index (χ4n) is 4.50. The topological polar surface area (TPSA) is 113 Å². The van der Waals surface area contributed by atoms with Crippen molar-refractivity contribution in [1.82, 2.24) is 15.3 Å². The highest BCUT2D eigenvalue weighted by Crippen LogP contribution is 2.35. The molecule has 2 aliphatic rings. The van der Waals surface area contributed by atoms with Gasteiger partial charge in [0.1, 0.15) is 5.82 Å². The number of hydrogen-bond donors (Lipinski definition) is 2. The molecule has 0 aliphatic carbocycles. The van der Waals surface area contributed by atoms with Crippen molar-refractivity contribution in [3.8, 4) is 0 Å². The largest absolute Gasteiger partial charge is 0.437 e. The number of nitrogens with zero attached hydrogens (tertiary/aromatic N) is 4. The summed E-state index contributed by atoms with van der Waals surface area (Å²) in [7, 11) is 1.58. The van der Waals surface area contributed by atoms with Crippen LogP contribution in [-0.4, -0.2) is 68.2 Å². The van der Waals surface area contributed by atoms with Gasteiger partial charge in [-0.2, -0.15) is 18.2 Å². The quantitative estimate of drug-likeness (QED) is 0.506. The Labute approximate surface area is 212 Å². The minimum atomic E-state index is -4.83. The van der Waals surface area contributed by atoms with Crippen molar-refractivity contribution in [2.45, 2.75) is 38.3 Å². The molecule has 0 unspecified atom stereocenters. The van der Waals surface area contributed by atoms with Gasteiger partial charge in [-0.3, -0.25) is 9.59 Å². The number of anilines is 3. The van der Waals surface area contributed by atoms with E-state index in [0.717, 1.165) is 19.3 Å². The maximum atomic E-state index is 13.6. The molecule has 4 heterocycles. The number of pyridine rings is 1. The molecule has 2 aromatic rings. The first-order chi connectivity index (χ1) is 17.8. The van der Waals surface area contributed by atoms with Crippen molar-refractivity contribution in [3.63, 3.8) is 0 Å². The van der Waals surface area contributed by atoms with E-state index < -0.39 is 23.5 Å². The van der Waals surface area contributed by atoms with Gasteiger partial charge in [-0.25, -0.2) is 4.98 Å². The Morgan fingerprint density at radius 2 is 1.84 bits per heavy atom. The number of amides is 2. The summed E-state index contributed by atoms with van der Waals surface area (Å²) in [5.74, 6) is -1.33. The summed E-state index contributed by atoms with van der Waals surface area (Å²) in [6, 6.07) is 3.05. The van der Waals surface area contributed by atoms with Crippen molar-refractivity contribution in [1.29, 1.82) is 0 Å². The number of methoxy groups -OCH3 is 1. The summed E-state index contributed by atoms with van der Waals surface area (Å²) in [5, 5.41) is 5.28. The van der Waals surface area contributed by atoms with Crippen LogP contribution in [0, 0.1) is 5.92 Å². The monoisotopic (exact) mass is 524 g/mol. The van der Waals surface area contributed by atoms with Crippen LogP contribution in [0.3, 0.4) is 0 Å². The average Bonchev–Trinajstić information content (AvgIpc) is 3.37. The third-order valence-electron chi connectivity index (χ3n) is 6.52. The first-order valence-electron chi connectivity index (χ1n) is 12.4. The SMILES string of the molecule is COCCNC(=O)C1CCN(c2ccc(NC(=O)c3oc(N4CCCCC4)nc3C(F)(F)F)cn2)CC1. The van der Waals surface area contributed by atoms with Gasteiger partial charge in [0, 0.05) is 45.8 Å². The standard InChI is InChI=1S/C24H31F3N6O4/c1-36-14-9-28-21(34)16-7-12-32(13-8-16)18-6-5-17(15-29-18)30-22(35)19-20(24(25,26)27)31-23(37-19)33-10-3-2-4-11-33/h5-6,15-16H,2-4,7-14H2,1H3,(H,28,34)(H,30,35). The van der Waals surface area contributed by atoms with Gasteiger partial charge in [0.05, 0.1) is 18.5 Å². The second-order valence-electron chi connectivity index (χ2n) is 9.12. The van der Waals surface area contributed by atoms with Gasteiger partial charge in [-0.05, 0) is 44.2 Å². The maximum Gasteiger partial charge on any atom is 0.437 e. The Hall–Kier alpha value is -3.35. The summed E-state index contributed by atoms with van der Waals surface area (Å²) in [4.78, 5) is 36.5. The third-order valence-corrected chi connectivity index (χ3v) is 6.52. The lowest BCUT2D eigenvalue weighted by molar-refractivity contribution is -0.141. The molecule has 0 bridgehead atoms. The van der Waals surface area contributed by atoms with Crippen molar-refractivity contribution in [3.05, 3.63) is 29.8 Å². The Bertz CT molecular complexity index is 1060. The highest BCUT2D eigenvalue weighted by molar-refractivity contribution is 6.03. The van der Waals surface area contributed by atoms with Gasteiger partial charge >= 0.3 is 6.18 Å². The van der Waals surface area contributed by atoms with Crippen LogP contribution in [0.15, 0.2) is 22.7 Å². The molecule has 0 aromatic carbocycles. The number of carbonyl (C=O) groups is 2. The second kappa shape index (κ2) is 11.8. The van der Waals surface area contributed by atoms with Crippen LogP contribution in [0.2, 0.25) is 0 Å². The number of nitrogens with one attached hydrogen (secondary N) is 2. The Balaban J connectivity index is 1.36. The molecule has 2 fully saturated rings. The van der Waals surface area contributed by atoms with E-state index in [2.05, 4.69) is 20.6 Å². The molecule has 37 heavy (non-hydrogen) atoms. The molecule has 202 valence electrons. The number of aromatic nitrogens is 2. The van der Waals surface area contributed by atoms with Gasteiger partial charge in [-0.15, -0.1) is 0 Å². The molecular formula is C24H31F3N6O4. The number of piperidine rings is 2. The van der Waals surface area contributed by atoms with Gasteiger partial charge in [0.25, 0.3) is 11.9 Å². The summed E-state index contributed by atoms with van der Waals surface area (Å²) < 4.78 is 51.0. The normalized spacial score (nSPS) is 17.1. The lowest BCUT2D eigenvalue weighted by Gasteiger charge is -2.32. The summed E-state index contributed by atoms with van der Waals surface area (Å²) in [6.45, 7) is 3.26. The Morgan fingerprint density at radius 3 is 2.46 bits per heavy atom. The smallest absolute Gasteiger partial charge is 0.417 e. The number of ether oxygens (including phenoxy) is 1. The maximum absolute atomic E-state index is 13.6. The van der Waals surface area contributed by atoms with Crippen LogP contribution in [0.1, 0.15) is 48.4 Å². The zero-order valence-electron chi connectivity index (χ0n) is 20.6. The molecule has 0 spiro atoms. The van der Waals surface area contributed by atoms with Gasteiger partial charge in [-0.1, -0.05) is 0 Å². The molecule has 0 radical (unpaired) electrons. The summed E-state index contributed by atoms with van der Waals surface area (Å²) >= 11 is 0. The van der Waals surface area contributed by atoms with E-state index in [1.54, 1.807) is 24.1 Å². The van der Waals surface area contributed by atoms with E-state index in [0.29, 0.717) is 58.0 Å². The molecule has 10 nitrogen and oxygen atoms in total. The van der Waals surface area contributed by atoms with E-state index >= 15 is 0 Å². The molecule has 13 heteroatoms. The van der Waals surface area contributed by atoms with Gasteiger partial charge in [0.2, 0.25) is 11.7 Å². The molecule has 2 aromatic heterocycles. The molecule has 2 aliphatic heterocycles. The van der Waals surface area contributed by atoms with Crippen LogP contribution in [0.4, 0.5) is 30.7 Å². The van der Waals surface area contributed by atoms with E-state index in [1.807, 2.05) is 4.90 Å². The lowest BCUT2D eigenvalue weighted by Crippen LogP contribution is -2.41. The molecular weight excluding hydrogens is 493 g/mol. The van der Waals surface area contributed by atoms with Crippen molar-refractivity contribution < 1.29 is 31.9 Å². The van der Waals surface area contributed by atoms with Gasteiger partial charge in [0.15, 0.2) is 5.69 Å². The number of alkyl halides is 3. The Kier molecular flexibility index (Phi) is 8.52. The minimum Gasteiger partial charge on any atom is -0.417 e. The number of carbonyl (C=O) groups excluding carboxylic acids is 2. The zero-order chi connectivity index (χ0) is 26.4. The van der Waals surface area contributed by atoms with Crippen molar-refractivity contribution in [2.75, 3.05) is 61.6 Å². The van der Waals surface area contributed by atoms with Crippen LogP contribution in [0.25, 0.3) is 0 Å². The van der Waals surface area contributed by atoms with Crippen LogP contribution in [0.5, 0.6) is 0 Å². The number of hydrogen-bond acceptors (Lipinski definition) is 8. The van der Waals surface area contributed by atoms with E-state index in [9.17, 15) is 22.8 Å². The van der Waals surface area contributed by atoms with Crippen LogP contribution in [-0.2, 0) is 15.7 Å². The van der Waals surface area contributed by atoms with Gasteiger partial charge < -0.3 is 29.6 Å². The summed E-state index contributed by atoms with van der Waals surface area (Å²) in [5.41, 5.74) is -1.12. The molecule has 2 amide bonds. The zero-order valence-corrected chi connectivity index (χ0v) is 20.6. The lowest BCUT2D eigenvalue weighted by atomic mass is 9.96. The molecule has 2 saturated heterocycles. The van der Waals surface area contributed by atoms with E-state index in [1.165, 1.54) is 6.20 Å². The molecule has 2 N–H and O–H groups in total. The second-order valence-corrected chi connectivity index (χ2v) is 9.12. The van der Waals surface area contributed by atoms with E-state index in [-0.39, 0.29) is 23.5 Å². The molecule has 0 atom stereocenters. The molecule has 0 saturated carbocycles.